The van der Waals surface area contributed by atoms with Gasteiger partial charge in [-0.2, -0.15) is 0 Å². The smallest absolute Gasteiger partial charge is 0.250 e. The van der Waals surface area contributed by atoms with Gasteiger partial charge in [-0.3, -0.25) is 9.59 Å². The van der Waals surface area contributed by atoms with Crippen molar-refractivity contribution in [2.24, 2.45) is 5.73 Å². The zero-order chi connectivity index (χ0) is 14.2. The van der Waals surface area contributed by atoms with E-state index in [1.54, 1.807) is 13.8 Å². The van der Waals surface area contributed by atoms with Gasteiger partial charge >= 0.3 is 0 Å². The van der Waals surface area contributed by atoms with Crippen LogP contribution in [0.4, 0.5) is 11.5 Å². The van der Waals surface area contributed by atoms with Crippen LogP contribution in [0.25, 0.3) is 0 Å². The number of amides is 2. The molecule has 1 aromatic rings. The average molecular weight is 263 g/mol. The Morgan fingerprint density at radius 1 is 1.53 bits per heavy atom. The largest absolute Gasteiger partial charge is 0.397 e. The highest BCUT2D eigenvalue weighted by Crippen LogP contribution is 2.26. The lowest BCUT2D eigenvalue weighted by Gasteiger charge is -2.42. The highest BCUT2D eigenvalue weighted by Gasteiger charge is 2.38. The zero-order valence-electron chi connectivity index (χ0n) is 10.9. The fourth-order valence-corrected chi connectivity index (χ4v) is 2.12. The standard InChI is InChI=1S/C12H17N5O2/c1-12(2)11(19)15-3-4-17(12)9-5-7(10(14)18)8(13)6-16-9/h5-6H,3-4,13H2,1-2H3,(H2,14,18)(H,15,19). The molecule has 1 aliphatic rings. The van der Waals surface area contributed by atoms with Gasteiger partial charge in [-0.1, -0.05) is 0 Å². The van der Waals surface area contributed by atoms with Crippen LogP contribution in [-0.4, -0.2) is 35.4 Å². The van der Waals surface area contributed by atoms with E-state index in [9.17, 15) is 9.59 Å². The number of piperazine rings is 1. The molecule has 0 aliphatic carbocycles. The number of hydrogen-bond donors (Lipinski definition) is 3. The number of aromatic nitrogens is 1. The van der Waals surface area contributed by atoms with Gasteiger partial charge in [-0.25, -0.2) is 4.98 Å². The summed E-state index contributed by atoms with van der Waals surface area (Å²) in [6, 6.07) is 1.53. The molecule has 0 radical (unpaired) electrons. The van der Waals surface area contributed by atoms with Gasteiger partial charge in [0.15, 0.2) is 0 Å². The highest BCUT2D eigenvalue weighted by atomic mass is 16.2. The van der Waals surface area contributed by atoms with E-state index in [-0.39, 0.29) is 17.2 Å². The molecule has 2 rings (SSSR count). The first-order valence-electron chi connectivity index (χ1n) is 5.95. The molecule has 7 nitrogen and oxygen atoms in total. The van der Waals surface area contributed by atoms with E-state index in [0.29, 0.717) is 18.9 Å². The molecule has 1 aromatic heterocycles. The van der Waals surface area contributed by atoms with E-state index in [2.05, 4.69) is 10.3 Å². The number of hydrogen-bond acceptors (Lipinski definition) is 5. The monoisotopic (exact) mass is 263 g/mol. The molecule has 102 valence electrons. The van der Waals surface area contributed by atoms with Crippen molar-refractivity contribution < 1.29 is 9.59 Å². The number of anilines is 2. The van der Waals surface area contributed by atoms with Crippen LogP contribution < -0.4 is 21.7 Å². The van der Waals surface area contributed by atoms with Crippen LogP contribution in [0.1, 0.15) is 24.2 Å². The quantitative estimate of drug-likeness (QED) is 0.664. The third kappa shape index (κ3) is 2.18. The molecular weight excluding hydrogens is 246 g/mol. The molecule has 0 spiro atoms. The van der Waals surface area contributed by atoms with Crippen molar-refractivity contribution in [3.8, 4) is 0 Å². The summed E-state index contributed by atoms with van der Waals surface area (Å²) in [6.07, 6.45) is 1.39. The summed E-state index contributed by atoms with van der Waals surface area (Å²) in [5, 5.41) is 2.80. The maximum Gasteiger partial charge on any atom is 0.250 e. The molecule has 1 fully saturated rings. The van der Waals surface area contributed by atoms with E-state index in [1.807, 2.05) is 4.90 Å². The Labute approximate surface area is 111 Å². The van der Waals surface area contributed by atoms with E-state index in [0.717, 1.165) is 0 Å². The maximum atomic E-state index is 11.9. The van der Waals surface area contributed by atoms with Crippen molar-refractivity contribution in [3.05, 3.63) is 17.8 Å². The van der Waals surface area contributed by atoms with Crippen molar-refractivity contribution in [2.45, 2.75) is 19.4 Å². The molecule has 0 saturated carbocycles. The number of nitrogens with zero attached hydrogens (tertiary/aromatic N) is 2. The van der Waals surface area contributed by atoms with Crippen LogP contribution in [0.15, 0.2) is 12.3 Å². The minimum Gasteiger partial charge on any atom is -0.397 e. The van der Waals surface area contributed by atoms with E-state index < -0.39 is 11.4 Å². The number of pyridine rings is 1. The Kier molecular flexibility index (Phi) is 3.05. The number of nitrogens with two attached hydrogens (primary N) is 2. The predicted octanol–water partition coefficient (Wildman–Crippen LogP) is -0.522. The van der Waals surface area contributed by atoms with Crippen LogP contribution in [0.5, 0.6) is 0 Å². The molecule has 1 aliphatic heterocycles. The first kappa shape index (κ1) is 13.1. The highest BCUT2D eigenvalue weighted by molar-refractivity contribution is 5.99. The topological polar surface area (TPSA) is 114 Å². The van der Waals surface area contributed by atoms with Crippen LogP contribution in [-0.2, 0) is 4.79 Å². The van der Waals surface area contributed by atoms with Crippen LogP contribution >= 0.6 is 0 Å². The normalized spacial score (nSPS) is 18.0. The van der Waals surface area contributed by atoms with Crippen molar-refractivity contribution in [3.63, 3.8) is 0 Å². The van der Waals surface area contributed by atoms with Gasteiger partial charge in [0.25, 0.3) is 5.91 Å². The molecular formula is C12H17N5O2. The Morgan fingerprint density at radius 3 is 2.84 bits per heavy atom. The maximum absolute atomic E-state index is 11.9. The minimum absolute atomic E-state index is 0.0852. The average Bonchev–Trinajstić information content (AvgIpc) is 2.33. The van der Waals surface area contributed by atoms with Crippen molar-refractivity contribution in [1.29, 1.82) is 0 Å². The SMILES string of the molecule is CC1(C)C(=O)NCCN1c1cc(C(N)=O)c(N)cn1. The second-order valence-corrected chi connectivity index (χ2v) is 4.96. The van der Waals surface area contributed by atoms with Crippen molar-refractivity contribution in [1.82, 2.24) is 10.3 Å². The summed E-state index contributed by atoms with van der Waals surface area (Å²) in [6.45, 7) is 4.72. The van der Waals surface area contributed by atoms with Gasteiger partial charge in [0.2, 0.25) is 5.91 Å². The van der Waals surface area contributed by atoms with E-state index in [1.165, 1.54) is 12.3 Å². The minimum atomic E-state index is -0.740. The third-order valence-electron chi connectivity index (χ3n) is 3.31. The summed E-state index contributed by atoms with van der Waals surface area (Å²) in [5.41, 5.74) is 10.6. The Hall–Kier alpha value is -2.31. The summed E-state index contributed by atoms with van der Waals surface area (Å²) < 4.78 is 0. The molecule has 19 heavy (non-hydrogen) atoms. The molecule has 2 amide bonds. The second kappa shape index (κ2) is 4.42. The lowest BCUT2D eigenvalue weighted by molar-refractivity contribution is -0.126. The summed E-state index contributed by atoms with van der Waals surface area (Å²) in [7, 11) is 0. The number of carbonyl (C=O) groups is 2. The Morgan fingerprint density at radius 2 is 2.21 bits per heavy atom. The van der Waals surface area contributed by atoms with Gasteiger partial charge in [0.05, 0.1) is 17.4 Å². The number of nitrogens with one attached hydrogen (secondary N) is 1. The molecule has 7 heteroatoms. The first-order chi connectivity index (χ1) is 8.84. The van der Waals surface area contributed by atoms with Crippen molar-refractivity contribution in [2.75, 3.05) is 23.7 Å². The van der Waals surface area contributed by atoms with Crippen molar-refractivity contribution >= 4 is 23.3 Å². The second-order valence-electron chi connectivity index (χ2n) is 4.96. The lowest BCUT2D eigenvalue weighted by Crippen LogP contribution is -2.62. The first-order valence-corrected chi connectivity index (χ1v) is 5.95. The Balaban J connectivity index is 2.44. The molecule has 2 heterocycles. The third-order valence-corrected chi connectivity index (χ3v) is 3.31. The fourth-order valence-electron chi connectivity index (χ4n) is 2.12. The number of carbonyl (C=O) groups excluding carboxylic acids is 2. The van der Waals surface area contributed by atoms with Crippen LogP contribution in [0, 0.1) is 0 Å². The molecule has 1 saturated heterocycles. The number of rotatable bonds is 2. The predicted molar refractivity (Wildman–Crippen MR) is 71.6 cm³/mol. The number of primary amides is 1. The number of nitrogen functional groups attached to an aromatic ring is 1. The van der Waals surface area contributed by atoms with Gasteiger partial charge in [-0.05, 0) is 19.9 Å². The van der Waals surface area contributed by atoms with Gasteiger partial charge in [-0.15, -0.1) is 0 Å². The molecule has 5 N–H and O–H groups in total. The summed E-state index contributed by atoms with van der Waals surface area (Å²) in [5.74, 6) is -0.179. The summed E-state index contributed by atoms with van der Waals surface area (Å²) >= 11 is 0. The van der Waals surface area contributed by atoms with E-state index >= 15 is 0 Å². The molecule has 0 atom stereocenters. The molecule has 0 bridgehead atoms. The van der Waals surface area contributed by atoms with E-state index in [4.69, 9.17) is 11.5 Å². The van der Waals surface area contributed by atoms with Gasteiger partial charge < -0.3 is 21.7 Å². The molecule has 0 aromatic carbocycles. The molecule has 0 unspecified atom stereocenters. The van der Waals surface area contributed by atoms with Gasteiger partial charge in [0.1, 0.15) is 11.4 Å². The summed E-state index contributed by atoms with van der Waals surface area (Å²) in [4.78, 5) is 29.2. The van der Waals surface area contributed by atoms with Gasteiger partial charge in [0, 0.05) is 13.1 Å². The zero-order valence-corrected chi connectivity index (χ0v) is 10.9. The lowest BCUT2D eigenvalue weighted by atomic mass is 9.98. The fraction of sp³-hybridized carbons (Fsp3) is 0.417. The van der Waals surface area contributed by atoms with Crippen LogP contribution in [0.3, 0.4) is 0 Å². The Bertz CT molecular complexity index is 541. The van der Waals surface area contributed by atoms with Crippen LogP contribution in [0.2, 0.25) is 0 Å².